The van der Waals surface area contributed by atoms with E-state index in [4.69, 9.17) is 4.74 Å². The van der Waals surface area contributed by atoms with Crippen LogP contribution in [0, 0.1) is 0 Å². The van der Waals surface area contributed by atoms with Gasteiger partial charge in [0.2, 0.25) is 0 Å². The molecule has 0 aliphatic carbocycles. The molecule has 1 aromatic rings. The average molecular weight is 334 g/mol. The lowest BCUT2D eigenvalue weighted by molar-refractivity contribution is 0.0224. The van der Waals surface area contributed by atoms with E-state index < -0.39 is 5.60 Å². The second-order valence-corrected chi connectivity index (χ2v) is 7.62. The number of rotatable bonds is 0. The van der Waals surface area contributed by atoms with Gasteiger partial charge in [0.15, 0.2) is 0 Å². The lowest BCUT2D eigenvalue weighted by Gasteiger charge is -2.31. The van der Waals surface area contributed by atoms with E-state index in [1.54, 1.807) is 17.0 Å². The molecule has 0 bridgehead atoms. The van der Waals surface area contributed by atoms with Crippen molar-refractivity contribution in [1.29, 1.82) is 0 Å². The maximum atomic E-state index is 11.9. The van der Waals surface area contributed by atoms with Gasteiger partial charge in [0, 0.05) is 13.1 Å². The van der Waals surface area contributed by atoms with Gasteiger partial charge in [-0.1, -0.05) is 6.07 Å². The van der Waals surface area contributed by atoms with Crippen LogP contribution in [-0.4, -0.2) is 53.3 Å². The number of fused-ring (bicyclic) bond motifs is 1. The molecule has 5 heteroatoms. The lowest BCUT2D eigenvalue weighted by atomic mass is 10.00. The zero-order valence-corrected chi connectivity index (χ0v) is 15.3. The number of likely N-dealkylation sites (tertiary alicyclic amines) is 1. The summed E-state index contributed by atoms with van der Waals surface area (Å²) in [4.78, 5) is 16.0. The van der Waals surface area contributed by atoms with Gasteiger partial charge in [0.1, 0.15) is 11.4 Å². The minimum Gasteiger partial charge on any atom is -0.508 e. The molecule has 2 aliphatic rings. The van der Waals surface area contributed by atoms with E-state index in [0.717, 1.165) is 17.5 Å². The molecule has 0 aromatic heterocycles. The highest BCUT2D eigenvalue weighted by Gasteiger charge is 2.25. The Bertz CT molecular complexity index is 560. The molecule has 0 spiro atoms. The van der Waals surface area contributed by atoms with Crippen molar-refractivity contribution in [3.63, 3.8) is 0 Å². The van der Waals surface area contributed by atoms with Gasteiger partial charge in [-0.05, 0) is 83.4 Å². The number of ether oxygens (including phenoxy) is 1. The summed E-state index contributed by atoms with van der Waals surface area (Å²) < 4.78 is 5.35. The maximum absolute atomic E-state index is 11.9. The predicted molar refractivity (Wildman–Crippen MR) is 95.2 cm³/mol. The summed E-state index contributed by atoms with van der Waals surface area (Å²) in [6, 6.07) is 5.28. The van der Waals surface area contributed by atoms with Gasteiger partial charge < -0.3 is 19.6 Å². The number of phenolic OH excluding ortho intramolecular Hbond substituents is 1. The van der Waals surface area contributed by atoms with Crippen LogP contribution in [0.15, 0.2) is 18.2 Å². The van der Waals surface area contributed by atoms with Crippen molar-refractivity contribution < 1.29 is 14.6 Å². The van der Waals surface area contributed by atoms with Crippen molar-refractivity contribution >= 4 is 6.09 Å². The number of carbonyl (C=O) groups is 1. The summed E-state index contributed by atoms with van der Waals surface area (Å²) >= 11 is 0. The summed E-state index contributed by atoms with van der Waals surface area (Å²) in [5.74, 6) is 0.277. The molecular weight excluding hydrogens is 304 g/mol. The number of nitrogens with zero attached hydrogens (tertiary/aromatic N) is 2. The molecule has 24 heavy (non-hydrogen) atoms. The van der Waals surface area contributed by atoms with Crippen LogP contribution in [0.5, 0.6) is 5.75 Å². The van der Waals surface area contributed by atoms with Gasteiger partial charge in [0.05, 0.1) is 0 Å². The Kier molecular flexibility index (Phi) is 6.10. The predicted octanol–water partition coefficient (Wildman–Crippen LogP) is 3.40. The van der Waals surface area contributed by atoms with Gasteiger partial charge >= 0.3 is 6.09 Å². The van der Waals surface area contributed by atoms with Crippen LogP contribution in [0.4, 0.5) is 4.79 Å². The molecule has 0 unspecified atom stereocenters. The molecule has 1 amide bonds. The Balaban J connectivity index is 0.000000292. The molecule has 134 valence electrons. The normalized spacial score (nSPS) is 17.8. The minimum absolute atomic E-state index is 0.277. The minimum atomic E-state index is -0.466. The largest absolute Gasteiger partial charge is 0.508 e. The molecule has 0 radical (unpaired) electrons. The van der Waals surface area contributed by atoms with Gasteiger partial charge in [-0.3, -0.25) is 0 Å². The first-order chi connectivity index (χ1) is 11.2. The Hall–Kier alpha value is -1.75. The first-order valence-electron chi connectivity index (χ1n) is 8.72. The van der Waals surface area contributed by atoms with Crippen LogP contribution in [0.2, 0.25) is 0 Å². The average Bonchev–Trinajstić information content (AvgIpc) is 2.96. The van der Waals surface area contributed by atoms with Crippen molar-refractivity contribution in [3.05, 3.63) is 29.3 Å². The zero-order valence-electron chi connectivity index (χ0n) is 15.3. The summed E-state index contributed by atoms with van der Waals surface area (Å²) in [5, 5.41) is 9.41. The second-order valence-electron chi connectivity index (χ2n) is 7.62. The van der Waals surface area contributed by atoms with E-state index in [1.165, 1.54) is 25.9 Å². The molecule has 0 saturated carbocycles. The molecule has 0 atom stereocenters. The highest BCUT2D eigenvalue weighted by molar-refractivity contribution is 5.68. The number of hydrogen-bond acceptors (Lipinski definition) is 4. The van der Waals surface area contributed by atoms with Crippen LogP contribution in [0.3, 0.4) is 0 Å². The molecule has 2 heterocycles. The van der Waals surface area contributed by atoms with E-state index in [1.807, 2.05) is 26.8 Å². The number of hydrogen-bond donors (Lipinski definition) is 1. The molecule has 1 N–H and O–H groups in total. The number of benzene rings is 1. The highest BCUT2D eigenvalue weighted by atomic mass is 16.6. The van der Waals surface area contributed by atoms with Crippen molar-refractivity contribution in [2.75, 3.05) is 26.7 Å². The number of aromatic hydroxyl groups is 1. The summed E-state index contributed by atoms with van der Waals surface area (Å²) in [6.07, 6.45) is 3.30. The standard InChI is InChI=1S/C14H19NO3.C5H11N/c1-14(2,3)18-13(17)15-7-6-10-8-12(16)5-4-11(10)9-15;1-6-4-2-3-5-6/h4-5,8,16H,6-7,9H2,1-3H3;2-5H2,1H3. The van der Waals surface area contributed by atoms with E-state index in [2.05, 4.69) is 11.9 Å². The lowest BCUT2D eigenvalue weighted by Crippen LogP contribution is -2.39. The van der Waals surface area contributed by atoms with E-state index in [0.29, 0.717) is 13.1 Å². The third-order valence-electron chi connectivity index (χ3n) is 4.18. The Labute approximate surface area is 145 Å². The third-order valence-corrected chi connectivity index (χ3v) is 4.18. The van der Waals surface area contributed by atoms with Crippen LogP contribution in [0.25, 0.3) is 0 Å². The Morgan fingerprint density at radius 3 is 2.33 bits per heavy atom. The number of phenols is 1. The van der Waals surface area contributed by atoms with Crippen LogP contribution < -0.4 is 0 Å². The number of amides is 1. The maximum Gasteiger partial charge on any atom is 0.410 e. The molecule has 1 fully saturated rings. The van der Waals surface area contributed by atoms with E-state index in [-0.39, 0.29) is 11.8 Å². The van der Waals surface area contributed by atoms with Crippen molar-refractivity contribution in [1.82, 2.24) is 9.80 Å². The molecule has 5 nitrogen and oxygen atoms in total. The van der Waals surface area contributed by atoms with E-state index >= 15 is 0 Å². The summed E-state index contributed by atoms with van der Waals surface area (Å²) in [5.41, 5.74) is 1.71. The number of carbonyl (C=O) groups excluding carboxylic acids is 1. The molecule has 3 rings (SSSR count). The third kappa shape index (κ3) is 5.71. The molecule has 1 saturated heterocycles. The second kappa shape index (κ2) is 7.88. The smallest absolute Gasteiger partial charge is 0.410 e. The van der Waals surface area contributed by atoms with Crippen LogP contribution in [0.1, 0.15) is 44.7 Å². The summed E-state index contributed by atoms with van der Waals surface area (Å²) in [6.45, 7) is 9.40. The van der Waals surface area contributed by atoms with Crippen molar-refractivity contribution in [2.24, 2.45) is 0 Å². The SMILES string of the molecule is CC(C)(C)OC(=O)N1CCc2cc(O)ccc2C1.CN1CCCC1. The van der Waals surface area contributed by atoms with Gasteiger partial charge in [-0.2, -0.15) is 0 Å². The van der Waals surface area contributed by atoms with Gasteiger partial charge in [-0.25, -0.2) is 4.79 Å². The molecule has 1 aromatic carbocycles. The summed E-state index contributed by atoms with van der Waals surface area (Å²) in [7, 11) is 2.17. The quantitative estimate of drug-likeness (QED) is 0.790. The Morgan fingerprint density at radius 2 is 1.79 bits per heavy atom. The highest BCUT2D eigenvalue weighted by Crippen LogP contribution is 2.24. The fraction of sp³-hybridized carbons (Fsp3) is 0.632. The fourth-order valence-electron chi connectivity index (χ4n) is 2.90. The van der Waals surface area contributed by atoms with E-state index in [9.17, 15) is 9.90 Å². The topological polar surface area (TPSA) is 53.0 Å². The fourth-order valence-corrected chi connectivity index (χ4v) is 2.90. The monoisotopic (exact) mass is 334 g/mol. The van der Waals surface area contributed by atoms with Crippen molar-refractivity contribution in [3.8, 4) is 5.75 Å². The van der Waals surface area contributed by atoms with Crippen LogP contribution >= 0.6 is 0 Å². The molecular formula is C19H30N2O3. The van der Waals surface area contributed by atoms with Crippen molar-refractivity contribution in [2.45, 2.75) is 52.2 Å². The molecule has 2 aliphatic heterocycles. The van der Waals surface area contributed by atoms with Gasteiger partial charge in [0.25, 0.3) is 0 Å². The Morgan fingerprint density at radius 1 is 1.12 bits per heavy atom. The van der Waals surface area contributed by atoms with Crippen LogP contribution in [-0.2, 0) is 17.7 Å². The first-order valence-corrected chi connectivity index (χ1v) is 8.72. The zero-order chi connectivity index (χ0) is 17.7. The first kappa shape index (κ1) is 18.6. The van der Waals surface area contributed by atoms with Gasteiger partial charge in [-0.15, -0.1) is 0 Å².